The van der Waals surface area contributed by atoms with Crippen molar-refractivity contribution < 1.29 is 14.2 Å². The predicted octanol–water partition coefficient (Wildman–Crippen LogP) is 4.75. The van der Waals surface area contributed by atoms with Crippen molar-refractivity contribution in [3.8, 4) is 11.5 Å². The molecule has 2 atom stereocenters. The molecule has 0 bridgehead atoms. The highest BCUT2D eigenvalue weighted by Gasteiger charge is 2.31. The van der Waals surface area contributed by atoms with Gasteiger partial charge in [-0.2, -0.15) is 0 Å². The van der Waals surface area contributed by atoms with Crippen molar-refractivity contribution in [2.75, 3.05) is 28.1 Å². The maximum Gasteiger partial charge on any atom is 0.188 e. The van der Waals surface area contributed by atoms with E-state index in [2.05, 4.69) is 49.2 Å². The molecule has 0 fully saturated rings. The first kappa shape index (κ1) is 21.4. The van der Waals surface area contributed by atoms with E-state index < -0.39 is 0 Å². The zero-order valence-corrected chi connectivity index (χ0v) is 17.9. The van der Waals surface area contributed by atoms with Gasteiger partial charge in [-0.25, -0.2) is 0 Å². The van der Waals surface area contributed by atoms with E-state index in [1.165, 1.54) is 10.9 Å². The van der Waals surface area contributed by atoms with E-state index in [1.807, 2.05) is 25.4 Å². The monoisotopic (exact) mass is 387 g/mol. The van der Waals surface area contributed by atoms with Crippen molar-refractivity contribution in [1.82, 2.24) is 0 Å². The summed E-state index contributed by atoms with van der Waals surface area (Å²) in [6.45, 7) is 4.75. The number of benzene rings is 2. The quantitative estimate of drug-likeness (QED) is 0.336. The molecule has 0 radical (unpaired) electrons. The first-order valence-corrected chi connectivity index (χ1v) is 10.2. The number of nitrogens with zero attached hydrogens (tertiary/aromatic N) is 1. The summed E-state index contributed by atoms with van der Waals surface area (Å²) in [6, 6.07) is 14.5. The third kappa shape index (κ3) is 5.54. The third-order valence-electron chi connectivity index (χ3n) is 4.50. The second kappa shape index (κ2) is 10.4. The molecule has 0 N–H and O–H groups in total. The smallest absolute Gasteiger partial charge is 0.188 e. The minimum Gasteiger partial charge on any atom is -0.497 e. The Hall–Kier alpha value is -1.90. The van der Waals surface area contributed by atoms with Gasteiger partial charge in [0.1, 0.15) is 11.5 Å². The van der Waals surface area contributed by atoms with Crippen LogP contribution in [-0.2, 0) is 9.89 Å². The molecule has 0 aliphatic carbocycles. The van der Waals surface area contributed by atoms with E-state index >= 15 is 0 Å². The molecular weight excluding hydrogens is 357 g/mol. The summed E-state index contributed by atoms with van der Waals surface area (Å²) in [5, 5.41) is 1.23. The lowest BCUT2D eigenvalue weighted by molar-refractivity contribution is 0.0500. The van der Waals surface area contributed by atoms with Gasteiger partial charge in [-0.1, -0.05) is 53.1 Å². The Bertz CT molecular complexity index is 763. The first-order chi connectivity index (χ1) is 13.1. The molecule has 0 saturated heterocycles. The van der Waals surface area contributed by atoms with Crippen LogP contribution in [-0.4, -0.2) is 34.3 Å². The largest absolute Gasteiger partial charge is 0.497 e. The Kier molecular flexibility index (Phi) is 8.27. The predicted molar refractivity (Wildman–Crippen MR) is 116 cm³/mol. The fourth-order valence-corrected chi connectivity index (χ4v) is 5.01. The minimum atomic E-state index is -0.0793. The van der Waals surface area contributed by atoms with E-state index in [-0.39, 0.29) is 11.9 Å². The van der Waals surface area contributed by atoms with E-state index in [9.17, 15) is 0 Å². The van der Waals surface area contributed by atoms with Crippen LogP contribution in [0, 0.1) is 0 Å². The Labute approximate surface area is 164 Å². The highest BCUT2D eigenvalue weighted by Crippen LogP contribution is 2.49. The minimum absolute atomic E-state index is 0.0793. The average molecular weight is 387 g/mol. The van der Waals surface area contributed by atoms with Gasteiger partial charge in [0.05, 0.1) is 7.11 Å². The van der Waals surface area contributed by atoms with Gasteiger partial charge >= 0.3 is 0 Å². The number of hydrogen-bond donors (Lipinski definition) is 0. The van der Waals surface area contributed by atoms with Crippen LogP contribution in [0.15, 0.2) is 47.5 Å². The highest BCUT2D eigenvalue weighted by atomic mass is 31.1. The molecule has 0 spiro atoms. The summed E-state index contributed by atoms with van der Waals surface area (Å²) in [5.74, 6) is 1.69. The van der Waals surface area contributed by atoms with Gasteiger partial charge in [0.25, 0.3) is 0 Å². The van der Waals surface area contributed by atoms with Gasteiger partial charge in [0, 0.05) is 31.1 Å². The summed E-state index contributed by atoms with van der Waals surface area (Å²) in [7, 11) is 5.71. The van der Waals surface area contributed by atoms with Gasteiger partial charge in [-0.3, -0.25) is 4.99 Å². The number of aliphatic imine (C=N–C) groups is 1. The summed E-state index contributed by atoms with van der Waals surface area (Å²) < 4.78 is 16.5. The normalized spacial score (nSPS) is 14.0. The molecule has 0 saturated carbocycles. The number of rotatable bonds is 10. The van der Waals surface area contributed by atoms with Crippen LogP contribution < -0.4 is 14.8 Å². The lowest BCUT2D eigenvalue weighted by atomic mass is 9.94. The Balaban J connectivity index is 2.51. The summed E-state index contributed by atoms with van der Waals surface area (Å²) in [4.78, 5) is 4.22. The maximum absolute atomic E-state index is 5.89. The van der Waals surface area contributed by atoms with Crippen molar-refractivity contribution in [1.29, 1.82) is 0 Å². The van der Waals surface area contributed by atoms with Crippen molar-refractivity contribution in [2.45, 2.75) is 31.8 Å². The molecule has 0 aliphatic rings. The standard InChI is InChI=1S/C22H30NO3P/c1-6-13-22(2,27-21-10-8-7-9-17(21)15-23-3)19-14-18(25-5)11-12-20(19)26-16-24-4/h7-12,14-15,27H,6,13,16H2,1-5H3/b23-15+. The van der Waals surface area contributed by atoms with Crippen molar-refractivity contribution in [3.05, 3.63) is 53.6 Å². The van der Waals surface area contributed by atoms with Gasteiger partial charge in [-0.05, 0) is 35.5 Å². The first-order valence-electron chi connectivity index (χ1n) is 9.17. The van der Waals surface area contributed by atoms with Gasteiger partial charge in [0.2, 0.25) is 0 Å². The Morgan fingerprint density at radius 3 is 2.59 bits per heavy atom. The molecular formula is C22H30NO3P. The van der Waals surface area contributed by atoms with E-state index in [0.717, 1.165) is 29.9 Å². The van der Waals surface area contributed by atoms with Gasteiger partial charge in [-0.15, -0.1) is 0 Å². The lowest BCUT2D eigenvalue weighted by Gasteiger charge is -2.32. The number of methoxy groups -OCH3 is 2. The number of ether oxygens (including phenoxy) is 3. The third-order valence-corrected chi connectivity index (χ3v) is 6.30. The molecule has 0 amide bonds. The topological polar surface area (TPSA) is 40.0 Å². The molecule has 146 valence electrons. The summed E-state index contributed by atoms with van der Waals surface area (Å²) in [6.07, 6.45) is 4.05. The SMILES string of the molecule is CCCC(C)(Pc1ccccc1/C=N/C)c1cc(OC)ccc1OCOC. The fraction of sp³-hybridized carbons (Fsp3) is 0.409. The lowest BCUT2D eigenvalue weighted by Crippen LogP contribution is -2.22. The van der Waals surface area contributed by atoms with Crippen molar-refractivity contribution in [3.63, 3.8) is 0 Å². The molecule has 0 aliphatic heterocycles. The van der Waals surface area contributed by atoms with Crippen LogP contribution in [0.5, 0.6) is 11.5 Å². The summed E-state index contributed by atoms with van der Waals surface area (Å²) in [5.41, 5.74) is 2.32. The molecule has 2 unspecified atom stereocenters. The van der Waals surface area contributed by atoms with E-state index in [1.54, 1.807) is 14.2 Å². The molecule has 2 rings (SSSR count). The molecule has 0 heterocycles. The fourth-order valence-electron chi connectivity index (χ4n) is 3.24. The van der Waals surface area contributed by atoms with E-state index in [4.69, 9.17) is 14.2 Å². The summed E-state index contributed by atoms with van der Waals surface area (Å²) >= 11 is 0. The van der Waals surface area contributed by atoms with Crippen LogP contribution >= 0.6 is 8.58 Å². The molecule has 5 heteroatoms. The Morgan fingerprint density at radius 1 is 1.15 bits per heavy atom. The number of hydrogen-bond acceptors (Lipinski definition) is 4. The molecule has 0 aromatic heterocycles. The Morgan fingerprint density at radius 2 is 1.93 bits per heavy atom. The zero-order chi connectivity index (χ0) is 19.7. The second-order valence-electron chi connectivity index (χ2n) is 6.59. The maximum atomic E-state index is 5.89. The second-order valence-corrected chi connectivity index (χ2v) is 8.49. The molecule has 2 aromatic rings. The molecule has 27 heavy (non-hydrogen) atoms. The average Bonchev–Trinajstić information content (AvgIpc) is 2.68. The van der Waals surface area contributed by atoms with E-state index in [0.29, 0.717) is 8.58 Å². The van der Waals surface area contributed by atoms with Crippen LogP contribution in [0.3, 0.4) is 0 Å². The van der Waals surface area contributed by atoms with Crippen LogP contribution in [0.25, 0.3) is 0 Å². The van der Waals surface area contributed by atoms with Crippen molar-refractivity contribution in [2.24, 2.45) is 4.99 Å². The van der Waals surface area contributed by atoms with Crippen LogP contribution in [0.1, 0.15) is 37.8 Å². The van der Waals surface area contributed by atoms with Gasteiger partial charge in [0.15, 0.2) is 6.79 Å². The molecule has 2 aromatic carbocycles. The highest BCUT2D eigenvalue weighted by molar-refractivity contribution is 7.48. The zero-order valence-electron chi connectivity index (χ0n) is 16.9. The van der Waals surface area contributed by atoms with Crippen molar-refractivity contribution >= 4 is 20.1 Å². The van der Waals surface area contributed by atoms with Crippen LogP contribution in [0.2, 0.25) is 0 Å². The molecule has 4 nitrogen and oxygen atoms in total. The van der Waals surface area contributed by atoms with Gasteiger partial charge < -0.3 is 14.2 Å². The van der Waals surface area contributed by atoms with Crippen LogP contribution in [0.4, 0.5) is 0 Å².